The molecule has 3 aromatic rings. The third-order valence-corrected chi connectivity index (χ3v) is 7.51. The first-order chi connectivity index (χ1) is 19.3. The summed E-state index contributed by atoms with van der Waals surface area (Å²) in [6.45, 7) is 1.28. The predicted molar refractivity (Wildman–Crippen MR) is 144 cm³/mol. The highest BCUT2D eigenvalue weighted by atomic mass is 32.2. The summed E-state index contributed by atoms with van der Waals surface area (Å²) in [5.41, 5.74) is 1.13. The number of carbonyl (C=O) groups excluding carboxylic acids is 3. The van der Waals surface area contributed by atoms with Gasteiger partial charge >= 0.3 is 12.1 Å². The number of amides is 2. The molecular weight excluding hydrogens is 540 g/mol. The van der Waals surface area contributed by atoms with Gasteiger partial charge in [-0.3, -0.25) is 9.59 Å². The fourth-order valence-corrected chi connectivity index (χ4v) is 5.04. The van der Waals surface area contributed by atoms with Crippen LogP contribution in [-0.2, 0) is 42.1 Å². The third kappa shape index (κ3) is 8.30. The minimum absolute atomic E-state index is 0.00511. The van der Waals surface area contributed by atoms with Crippen molar-refractivity contribution in [2.75, 3.05) is 20.3 Å². The second kappa shape index (κ2) is 14.7. The third-order valence-electron chi connectivity index (χ3n) is 5.72. The van der Waals surface area contributed by atoms with Crippen LogP contribution in [0.5, 0.6) is 5.75 Å². The topological polar surface area (TPSA) is 157 Å². The Bertz CT molecular complexity index is 1350. The Labute approximate surface area is 232 Å². The molecule has 40 heavy (non-hydrogen) atoms. The average molecular weight is 573 g/mol. The van der Waals surface area contributed by atoms with Crippen LogP contribution < -0.4 is 10.1 Å². The zero-order chi connectivity index (χ0) is 29.0. The number of benzene rings is 2. The zero-order valence-electron chi connectivity index (χ0n) is 22.2. The summed E-state index contributed by atoms with van der Waals surface area (Å²) in [6, 6.07) is 12.7. The molecule has 0 aliphatic carbocycles. The van der Waals surface area contributed by atoms with Gasteiger partial charge in [-0.05, 0) is 36.2 Å². The van der Waals surface area contributed by atoms with Crippen molar-refractivity contribution >= 4 is 28.0 Å². The second-order valence-electron chi connectivity index (χ2n) is 8.61. The van der Waals surface area contributed by atoms with Crippen molar-refractivity contribution in [3.63, 3.8) is 0 Å². The van der Waals surface area contributed by atoms with Crippen LogP contribution in [0, 0.1) is 0 Å². The molecule has 13 heteroatoms. The fourth-order valence-electron chi connectivity index (χ4n) is 3.57. The molecule has 0 spiro atoms. The second-order valence-corrected chi connectivity index (χ2v) is 10.4. The number of hydrogen-bond acceptors (Lipinski definition) is 9. The molecule has 12 nitrogen and oxygen atoms in total. The van der Waals surface area contributed by atoms with E-state index in [0.29, 0.717) is 28.6 Å². The number of esters is 1. The number of H-pyrrole nitrogens is 1. The quantitative estimate of drug-likeness (QED) is 0.219. The molecular formula is C27H32N4O8S. The fraction of sp³-hybridized carbons (Fsp3) is 0.333. The van der Waals surface area contributed by atoms with Crippen LogP contribution in [0.15, 0.2) is 72.0 Å². The number of rotatable bonds is 14. The lowest BCUT2D eigenvalue weighted by molar-refractivity contribution is -0.145. The van der Waals surface area contributed by atoms with Crippen molar-refractivity contribution in [2.24, 2.45) is 0 Å². The lowest BCUT2D eigenvalue weighted by Crippen LogP contribution is -2.54. The molecule has 3 rings (SSSR count). The Morgan fingerprint density at radius 3 is 2.40 bits per heavy atom. The van der Waals surface area contributed by atoms with Crippen LogP contribution in [0.25, 0.3) is 0 Å². The molecule has 0 saturated heterocycles. The molecule has 1 atom stereocenters. The van der Waals surface area contributed by atoms with Gasteiger partial charge in [0.1, 0.15) is 24.9 Å². The van der Waals surface area contributed by atoms with Crippen LogP contribution in [0.4, 0.5) is 4.79 Å². The monoisotopic (exact) mass is 572 g/mol. The van der Waals surface area contributed by atoms with Crippen molar-refractivity contribution in [3.05, 3.63) is 78.4 Å². The van der Waals surface area contributed by atoms with Gasteiger partial charge in [0.2, 0.25) is 5.91 Å². The van der Waals surface area contributed by atoms with Crippen molar-refractivity contribution in [2.45, 2.75) is 43.7 Å². The molecule has 0 aliphatic rings. The maximum atomic E-state index is 13.8. The number of nitrogens with zero attached hydrogens (tertiary/aromatic N) is 2. The number of nitrogens with one attached hydrogen (secondary N) is 2. The van der Waals surface area contributed by atoms with E-state index in [9.17, 15) is 22.8 Å². The molecule has 214 valence electrons. The maximum absolute atomic E-state index is 13.8. The minimum Gasteiger partial charge on any atom is -0.497 e. The molecule has 2 N–H and O–H groups in total. The van der Waals surface area contributed by atoms with Crippen LogP contribution in [0.1, 0.15) is 31.0 Å². The van der Waals surface area contributed by atoms with Crippen LogP contribution in [0.2, 0.25) is 0 Å². The van der Waals surface area contributed by atoms with Crippen molar-refractivity contribution in [1.82, 2.24) is 19.6 Å². The molecule has 0 fully saturated rings. The highest BCUT2D eigenvalue weighted by Gasteiger charge is 2.41. The van der Waals surface area contributed by atoms with E-state index in [1.165, 1.54) is 43.9 Å². The van der Waals surface area contributed by atoms with Crippen LogP contribution >= 0.6 is 0 Å². The summed E-state index contributed by atoms with van der Waals surface area (Å²) in [5, 5.41) is 2.39. The SMILES string of the molecule is CCCCOC(=O)N([C@@H](Cc1cnc[nH]1)C(=O)NCC(=O)OCc1ccccc1)S(=O)(=O)c1ccc(OC)cc1. The zero-order valence-corrected chi connectivity index (χ0v) is 23.1. The first-order valence-corrected chi connectivity index (χ1v) is 14.0. The summed E-state index contributed by atoms with van der Waals surface area (Å²) >= 11 is 0. The molecule has 2 aromatic carbocycles. The Kier molecular flexibility index (Phi) is 11.1. The summed E-state index contributed by atoms with van der Waals surface area (Å²) < 4.78 is 43.5. The maximum Gasteiger partial charge on any atom is 0.424 e. The largest absolute Gasteiger partial charge is 0.497 e. The predicted octanol–water partition coefficient (Wildman–Crippen LogP) is 2.82. The van der Waals surface area contributed by atoms with Crippen molar-refractivity contribution in [3.8, 4) is 5.75 Å². The van der Waals surface area contributed by atoms with E-state index in [-0.39, 0.29) is 24.5 Å². The Hall–Kier alpha value is -4.39. The van der Waals surface area contributed by atoms with Crippen molar-refractivity contribution in [1.29, 1.82) is 0 Å². The van der Waals surface area contributed by atoms with Gasteiger partial charge in [-0.15, -0.1) is 0 Å². The standard InChI is InChI=1S/C27H32N4O8S/c1-3-4-14-38-27(34)31(40(35,36)23-12-10-22(37-2)11-13-23)24(15-21-16-28-19-30-21)26(33)29-17-25(32)39-18-20-8-6-5-7-9-20/h5-13,16,19,24H,3-4,14-15,17-18H2,1-2H3,(H,28,30)(H,29,33)/t24-/m0/s1. The molecule has 0 saturated carbocycles. The van der Waals surface area contributed by atoms with E-state index >= 15 is 0 Å². The van der Waals surface area contributed by atoms with Gasteiger partial charge in [0, 0.05) is 18.3 Å². The van der Waals surface area contributed by atoms with Gasteiger partial charge in [-0.1, -0.05) is 43.7 Å². The number of ether oxygens (including phenoxy) is 3. The number of imidazole rings is 1. The first-order valence-electron chi connectivity index (χ1n) is 12.6. The lowest BCUT2D eigenvalue weighted by atomic mass is 10.1. The van der Waals surface area contributed by atoms with E-state index in [1.807, 2.05) is 13.0 Å². The average Bonchev–Trinajstić information content (AvgIpc) is 3.48. The Balaban J connectivity index is 1.87. The number of methoxy groups -OCH3 is 1. The van der Waals surface area contributed by atoms with Gasteiger partial charge in [-0.2, -0.15) is 4.31 Å². The lowest BCUT2D eigenvalue weighted by Gasteiger charge is -2.29. The first kappa shape index (κ1) is 30.2. The molecule has 0 unspecified atom stereocenters. The van der Waals surface area contributed by atoms with Gasteiger partial charge in [0.05, 0.1) is 24.9 Å². The molecule has 2 amide bonds. The van der Waals surface area contributed by atoms with Gasteiger partial charge in [0.25, 0.3) is 10.0 Å². The number of carbonyl (C=O) groups is 3. The summed E-state index contributed by atoms with van der Waals surface area (Å²) in [5.74, 6) is -1.25. The van der Waals surface area contributed by atoms with Gasteiger partial charge < -0.3 is 24.5 Å². The van der Waals surface area contributed by atoms with Gasteiger partial charge in [0.15, 0.2) is 0 Å². The molecule has 1 aromatic heterocycles. The normalized spacial score (nSPS) is 11.8. The highest BCUT2D eigenvalue weighted by molar-refractivity contribution is 7.89. The van der Waals surface area contributed by atoms with E-state index in [4.69, 9.17) is 14.2 Å². The minimum atomic E-state index is -4.60. The van der Waals surface area contributed by atoms with E-state index in [2.05, 4.69) is 15.3 Å². The number of aromatic amines is 1. The van der Waals surface area contributed by atoms with Crippen LogP contribution in [0.3, 0.4) is 0 Å². The molecule has 0 radical (unpaired) electrons. The number of sulfonamides is 1. The van der Waals surface area contributed by atoms with E-state index < -0.39 is 40.6 Å². The smallest absolute Gasteiger partial charge is 0.424 e. The van der Waals surface area contributed by atoms with Gasteiger partial charge in [-0.25, -0.2) is 18.2 Å². The Morgan fingerprint density at radius 1 is 1.05 bits per heavy atom. The molecule has 0 aliphatic heterocycles. The van der Waals surface area contributed by atoms with Crippen LogP contribution in [-0.4, -0.2) is 67.0 Å². The Morgan fingerprint density at radius 2 is 1.77 bits per heavy atom. The summed E-state index contributed by atoms with van der Waals surface area (Å²) in [4.78, 5) is 45.4. The number of aromatic nitrogens is 2. The highest BCUT2D eigenvalue weighted by Crippen LogP contribution is 2.24. The summed E-state index contributed by atoms with van der Waals surface area (Å²) in [7, 11) is -3.18. The van der Waals surface area contributed by atoms with E-state index in [0.717, 1.165) is 5.56 Å². The van der Waals surface area contributed by atoms with Crippen molar-refractivity contribution < 1.29 is 37.0 Å². The molecule has 0 bridgehead atoms. The molecule has 1 heterocycles. The van der Waals surface area contributed by atoms with E-state index in [1.54, 1.807) is 24.3 Å². The number of unbranched alkanes of at least 4 members (excludes halogenated alkanes) is 1. The number of hydrogen-bond donors (Lipinski definition) is 2. The summed E-state index contributed by atoms with van der Waals surface area (Å²) in [6.07, 6.45) is 2.45.